The Bertz CT molecular complexity index is 1020. The minimum Gasteiger partial charge on any atom is -0.378 e. The van der Waals surface area contributed by atoms with Crippen LogP contribution in [0.1, 0.15) is 30.4 Å². The molecule has 2 aromatic heterocycles. The molecule has 148 valence electrons. The summed E-state index contributed by atoms with van der Waals surface area (Å²) in [4.78, 5) is 14.3. The number of aliphatic imine (C=N–C) groups is 1. The van der Waals surface area contributed by atoms with Crippen LogP contribution in [0.5, 0.6) is 0 Å². The monoisotopic (exact) mass is 403 g/mol. The van der Waals surface area contributed by atoms with Gasteiger partial charge in [-0.2, -0.15) is 0 Å². The molecule has 1 fully saturated rings. The second-order valence-corrected chi connectivity index (χ2v) is 9.26. The van der Waals surface area contributed by atoms with Crippen molar-refractivity contribution in [2.24, 2.45) is 4.99 Å². The second kappa shape index (κ2) is 7.26. The molecular formula is C23H25N5S. The van der Waals surface area contributed by atoms with Crippen LogP contribution in [-0.4, -0.2) is 45.5 Å². The Balaban J connectivity index is 1.56. The zero-order valence-corrected chi connectivity index (χ0v) is 17.8. The molecule has 2 aliphatic heterocycles. The normalized spacial score (nSPS) is 23.2. The summed E-state index contributed by atoms with van der Waals surface area (Å²) in [5.74, 6) is 0. The van der Waals surface area contributed by atoms with Gasteiger partial charge in [0, 0.05) is 55.4 Å². The summed E-state index contributed by atoms with van der Waals surface area (Å²) >= 11 is 1.88. The van der Waals surface area contributed by atoms with E-state index in [9.17, 15) is 0 Å². The van der Waals surface area contributed by atoms with Crippen LogP contribution in [-0.2, 0) is 0 Å². The summed E-state index contributed by atoms with van der Waals surface area (Å²) in [6.45, 7) is 3.29. The fourth-order valence-corrected chi connectivity index (χ4v) is 5.31. The number of amidine groups is 1. The Morgan fingerprint density at radius 1 is 1.03 bits per heavy atom. The Labute approximate surface area is 176 Å². The second-order valence-electron chi connectivity index (χ2n) is 7.85. The van der Waals surface area contributed by atoms with Crippen LogP contribution in [0.3, 0.4) is 0 Å². The first kappa shape index (κ1) is 18.3. The third kappa shape index (κ3) is 3.21. The molecule has 4 heterocycles. The number of anilines is 1. The van der Waals surface area contributed by atoms with Gasteiger partial charge in [-0.3, -0.25) is 9.98 Å². The van der Waals surface area contributed by atoms with E-state index in [1.54, 1.807) is 0 Å². The average molecular weight is 404 g/mol. The first-order valence-electron chi connectivity index (χ1n) is 9.99. The molecule has 5 rings (SSSR count). The Morgan fingerprint density at radius 2 is 1.86 bits per heavy atom. The summed E-state index contributed by atoms with van der Waals surface area (Å²) in [6, 6.07) is 19.4. The topological polar surface area (TPSA) is 36.7 Å². The van der Waals surface area contributed by atoms with E-state index in [2.05, 4.69) is 95.1 Å². The summed E-state index contributed by atoms with van der Waals surface area (Å²) in [6.07, 6.45) is 4.02. The molecule has 3 aromatic rings. The van der Waals surface area contributed by atoms with Gasteiger partial charge in [-0.15, -0.1) is 0 Å². The Hall–Kier alpha value is -2.73. The molecule has 0 amide bonds. The van der Waals surface area contributed by atoms with Crippen LogP contribution in [0.4, 0.5) is 5.69 Å². The summed E-state index contributed by atoms with van der Waals surface area (Å²) in [5, 5.41) is 1.71. The number of pyridine rings is 1. The zero-order chi connectivity index (χ0) is 20.0. The molecule has 0 N–H and O–H groups in total. The van der Waals surface area contributed by atoms with Crippen LogP contribution in [0.2, 0.25) is 0 Å². The predicted molar refractivity (Wildman–Crippen MR) is 121 cm³/mol. The molecule has 0 spiro atoms. The van der Waals surface area contributed by atoms with E-state index in [0.717, 1.165) is 17.4 Å². The van der Waals surface area contributed by atoms with Crippen LogP contribution in [0.25, 0.3) is 5.69 Å². The number of aromatic nitrogens is 2. The van der Waals surface area contributed by atoms with Crippen molar-refractivity contribution in [2.45, 2.75) is 24.3 Å². The van der Waals surface area contributed by atoms with Crippen molar-refractivity contribution >= 4 is 22.6 Å². The van der Waals surface area contributed by atoms with E-state index in [1.165, 1.54) is 17.1 Å². The van der Waals surface area contributed by atoms with Crippen molar-refractivity contribution in [1.82, 2.24) is 14.5 Å². The van der Waals surface area contributed by atoms with E-state index in [1.807, 2.05) is 24.0 Å². The van der Waals surface area contributed by atoms with E-state index in [4.69, 9.17) is 4.99 Å². The maximum Gasteiger partial charge on any atom is 0.160 e. The molecule has 29 heavy (non-hydrogen) atoms. The number of nitrogens with zero attached hydrogens (tertiary/aromatic N) is 5. The van der Waals surface area contributed by atoms with Crippen LogP contribution >= 0.6 is 11.8 Å². The van der Waals surface area contributed by atoms with Crippen molar-refractivity contribution in [1.29, 1.82) is 0 Å². The minimum absolute atomic E-state index is 0.0147. The highest BCUT2D eigenvalue weighted by Gasteiger charge is 2.44. The molecule has 0 radical (unpaired) electrons. The van der Waals surface area contributed by atoms with Gasteiger partial charge in [0.25, 0.3) is 0 Å². The largest absolute Gasteiger partial charge is 0.378 e. The third-order valence-electron chi connectivity index (χ3n) is 5.61. The lowest BCUT2D eigenvalue weighted by Crippen LogP contribution is -2.30. The van der Waals surface area contributed by atoms with E-state index >= 15 is 0 Å². The van der Waals surface area contributed by atoms with Crippen LogP contribution in [0.15, 0.2) is 72.0 Å². The number of fused-ring (bicyclic) bond motifs is 1. The van der Waals surface area contributed by atoms with Crippen LogP contribution < -0.4 is 4.90 Å². The standard InChI is InChI=1S/C23H25N5S/c1-16-15-28-22(21(25-23(28)29-16)19-7-4-5-13-24-19)20-8-6-14-27(20)18-11-9-17(10-12-18)26(2)3/h4-14,16,21-22H,15H2,1-3H3. The SMILES string of the molecule is CC1CN2C(=NC(c3ccccn3)C2c2cccn2-c2ccc(N(C)C)cc2)S1. The van der Waals surface area contributed by atoms with Gasteiger partial charge >= 0.3 is 0 Å². The molecule has 1 saturated heterocycles. The van der Waals surface area contributed by atoms with Gasteiger partial charge in [-0.25, -0.2) is 0 Å². The lowest BCUT2D eigenvalue weighted by atomic mass is 10.0. The third-order valence-corrected chi connectivity index (χ3v) is 6.71. The molecule has 3 atom stereocenters. The van der Waals surface area contributed by atoms with Gasteiger partial charge in [0.05, 0.1) is 11.7 Å². The van der Waals surface area contributed by atoms with E-state index in [-0.39, 0.29) is 12.1 Å². The first-order valence-corrected chi connectivity index (χ1v) is 10.9. The number of hydrogen-bond acceptors (Lipinski definition) is 5. The fourth-order valence-electron chi connectivity index (χ4n) is 4.22. The molecule has 2 aliphatic rings. The van der Waals surface area contributed by atoms with Crippen molar-refractivity contribution in [3.8, 4) is 5.69 Å². The molecule has 5 nitrogen and oxygen atoms in total. The summed E-state index contributed by atoms with van der Waals surface area (Å²) in [7, 11) is 4.13. The predicted octanol–water partition coefficient (Wildman–Crippen LogP) is 4.53. The maximum absolute atomic E-state index is 5.10. The van der Waals surface area contributed by atoms with E-state index in [0.29, 0.717) is 5.25 Å². The highest BCUT2D eigenvalue weighted by Crippen LogP contribution is 2.47. The molecule has 1 aromatic carbocycles. The number of rotatable bonds is 4. The Kier molecular flexibility index (Phi) is 4.59. The van der Waals surface area contributed by atoms with Gasteiger partial charge in [0.1, 0.15) is 6.04 Å². The van der Waals surface area contributed by atoms with Gasteiger partial charge < -0.3 is 14.4 Å². The molecule has 0 aliphatic carbocycles. The van der Waals surface area contributed by atoms with Crippen molar-refractivity contribution < 1.29 is 0 Å². The molecule has 6 heteroatoms. The smallest absolute Gasteiger partial charge is 0.160 e. The Morgan fingerprint density at radius 3 is 2.59 bits per heavy atom. The number of benzene rings is 1. The maximum atomic E-state index is 5.10. The van der Waals surface area contributed by atoms with Crippen molar-refractivity contribution in [3.63, 3.8) is 0 Å². The quantitative estimate of drug-likeness (QED) is 0.641. The highest BCUT2D eigenvalue weighted by atomic mass is 32.2. The zero-order valence-electron chi connectivity index (χ0n) is 16.9. The van der Waals surface area contributed by atoms with Crippen LogP contribution in [0, 0.1) is 0 Å². The fraction of sp³-hybridized carbons (Fsp3) is 0.304. The number of hydrogen-bond donors (Lipinski definition) is 0. The van der Waals surface area contributed by atoms with E-state index < -0.39 is 0 Å². The average Bonchev–Trinajstić information content (AvgIpc) is 3.42. The van der Waals surface area contributed by atoms with Gasteiger partial charge in [0.2, 0.25) is 0 Å². The van der Waals surface area contributed by atoms with Gasteiger partial charge in [0.15, 0.2) is 5.17 Å². The molecule has 0 bridgehead atoms. The van der Waals surface area contributed by atoms with Crippen molar-refractivity contribution in [3.05, 3.63) is 78.4 Å². The summed E-state index contributed by atoms with van der Waals surface area (Å²) in [5.41, 5.74) is 4.66. The highest BCUT2D eigenvalue weighted by molar-refractivity contribution is 8.14. The molecule has 0 saturated carbocycles. The lowest BCUT2D eigenvalue weighted by molar-refractivity contribution is 0.312. The number of thioether (sulfide) groups is 1. The molecular weight excluding hydrogens is 378 g/mol. The first-order chi connectivity index (χ1) is 14.1. The summed E-state index contributed by atoms with van der Waals surface area (Å²) < 4.78 is 2.30. The molecule has 3 unspecified atom stereocenters. The van der Waals surface area contributed by atoms with Crippen molar-refractivity contribution in [2.75, 3.05) is 25.5 Å². The minimum atomic E-state index is 0.0147. The van der Waals surface area contributed by atoms with Gasteiger partial charge in [-0.05, 0) is 48.5 Å². The lowest BCUT2D eigenvalue weighted by Gasteiger charge is -2.28. The van der Waals surface area contributed by atoms with Gasteiger partial charge in [-0.1, -0.05) is 24.8 Å².